The Kier molecular flexibility index (Phi) is 6.24. The third-order valence-electron chi connectivity index (χ3n) is 2.02. The first kappa shape index (κ1) is 12.2. The second-order valence-corrected chi connectivity index (χ2v) is 2.99. The predicted molar refractivity (Wildman–Crippen MR) is 55.1 cm³/mol. The lowest BCUT2D eigenvalue weighted by atomic mass is 10.3. The molecule has 76 valence electrons. The largest absolute Gasteiger partial charge is 0.272 e. The molecule has 0 rings (SSSR count). The van der Waals surface area contributed by atoms with Gasteiger partial charge in [0.25, 0.3) is 5.91 Å². The molecule has 13 heavy (non-hydrogen) atoms. The molecule has 0 fully saturated rings. The Morgan fingerprint density at radius 2 is 2.08 bits per heavy atom. The quantitative estimate of drug-likeness (QED) is 0.463. The number of nitrogens with zero attached hydrogens (tertiary/aromatic N) is 2. The zero-order valence-electron chi connectivity index (χ0n) is 8.92. The molecule has 0 aromatic rings. The van der Waals surface area contributed by atoms with Crippen molar-refractivity contribution < 1.29 is 4.79 Å². The maximum absolute atomic E-state index is 11.4. The highest BCUT2D eigenvalue weighted by molar-refractivity contribution is 5.86. The Morgan fingerprint density at radius 1 is 1.46 bits per heavy atom. The van der Waals surface area contributed by atoms with Crippen LogP contribution in [0.1, 0.15) is 26.7 Å². The van der Waals surface area contributed by atoms with Gasteiger partial charge in [-0.05, 0) is 12.5 Å². The number of rotatable bonds is 6. The van der Waals surface area contributed by atoms with E-state index in [1.165, 1.54) is 6.08 Å². The predicted octanol–water partition coefficient (Wildman–Crippen LogP) is 1.67. The van der Waals surface area contributed by atoms with Crippen molar-refractivity contribution in [2.45, 2.75) is 26.7 Å². The number of hydrogen-bond acceptors (Lipinski definition) is 2. The Labute approximate surface area is 81.0 Å². The first-order chi connectivity index (χ1) is 6.17. The standard InChI is InChI=1S/C10H20N2O/c1-5-8-9-12(10(13)6-2)11(4)7-3/h6H,2,5,7-9H2,1,3-4H3. The summed E-state index contributed by atoms with van der Waals surface area (Å²) in [4.78, 5) is 11.4. The van der Waals surface area contributed by atoms with Gasteiger partial charge in [0, 0.05) is 20.1 Å². The molecule has 0 aliphatic carbocycles. The summed E-state index contributed by atoms with van der Waals surface area (Å²) in [6, 6.07) is 0. The smallest absolute Gasteiger partial charge is 0.260 e. The minimum absolute atomic E-state index is 0.0159. The third-order valence-corrected chi connectivity index (χ3v) is 2.02. The molecule has 0 aromatic heterocycles. The normalized spacial score (nSPS) is 10.2. The van der Waals surface area contributed by atoms with Gasteiger partial charge in [0.05, 0.1) is 0 Å². The van der Waals surface area contributed by atoms with Gasteiger partial charge in [0.15, 0.2) is 0 Å². The van der Waals surface area contributed by atoms with E-state index in [0.29, 0.717) is 0 Å². The molecule has 0 radical (unpaired) electrons. The van der Waals surface area contributed by atoms with Crippen LogP contribution in [0.25, 0.3) is 0 Å². The fourth-order valence-corrected chi connectivity index (χ4v) is 1.03. The summed E-state index contributed by atoms with van der Waals surface area (Å²) in [5.74, 6) is -0.0159. The van der Waals surface area contributed by atoms with Crippen LogP contribution < -0.4 is 0 Å². The van der Waals surface area contributed by atoms with E-state index in [1.54, 1.807) is 5.01 Å². The Morgan fingerprint density at radius 3 is 2.46 bits per heavy atom. The van der Waals surface area contributed by atoms with Crippen molar-refractivity contribution in [2.75, 3.05) is 20.1 Å². The Balaban J connectivity index is 4.17. The lowest BCUT2D eigenvalue weighted by Crippen LogP contribution is -2.43. The van der Waals surface area contributed by atoms with Crippen molar-refractivity contribution in [1.82, 2.24) is 10.0 Å². The van der Waals surface area contributed by atoms with Gasteiger partial charge in [-0.15, -0.1) is 0 Å². The van der Waals surface area contributed by atoms with Crippen LogP contribution in [0, 0.1) is 0 Å². The van der Waals surface area contributed by atoms with Crippen LogP contribution in [0.4, 0.5) is 0 Å². The summed E-state index contributed by atoms with van der Waals surface area (Å²) in [6.07, 6.45) is 3.49. The van der Waals surface area contributed by atoms with Crippen molar-refractivity contribution in [3.63, 3.8) is 0 Å². The zero-order chi connectivity index (χ0) is 10.3. The summed E-state index contributed by atoms with van der Waals surface area (Å²) in [5.41, 5.74) is 0. The van der Waals surface area contributed by atoms with Gasteiger partial charge in [-0.2, -0.15) is 0 Å². The summed E-state index contributed by atoms with van der Waals surface area (Å²) in [7, 11) is 1.91. The van der Waals surface area contributed by atoms with Crippen LogP contribution in [0.3, 0.4) is 0 Å². The molecule has 1 amide bonds. The first-order valence-electron chi connectivity index (χ1n) is 4.82. The number of amides is 1. The summed E-state index contributed by atoms with van der Waals surface area (Å²) in [6.45, 7) is 9.25. The molecular formula is C10H20N2O. The molecule has 0 aromatic carbocycles. The maximum Gasteiger partial charge on any atom is 0.260 e. The molecule has 0 spiro atoms. The fraction of sp³-hybridized carbons (Fsp3) is 0.700. The summed E-state index contributed by atoms with van der Waals surface area (Å²) < 4.78 is 0. The summed E-state index contributed by atoms with van der Waals surface area (Å²) in [5, 5.41) is 3.65. The van der Waals surface area contributed by atoms with E-state index in [9.17, 15) is 4.79 Å². The molecule has 0 atom stereocenters. The molecule has 0 N–H and O–H groups in total. The van der Waals surface area contributed by atoms with Crippen LogP contribution in [-0.4, -0.2) is 36.1 Å². The second kappa shape index (κ2) is 6.66. The molecule has 0 heterocycles. The molecule has 0 aliphatic heterocycles. The van der Waals surface area contributed by atoms with E-state index in [0.717, 1.165) is 25.9 Å². The van der Waals surface area contributed by atoms with Crippen LogP contribution >= 0.6 is 0 Å². The number of carbonyl (C=O) groups is 1. The molecule has 0 saturated carbocycles. The van der Waals surface area contributed by atoms with Gasteiger partial charge >= 0.3 is 0 Å². The van der Waals surface area contributed by atoms with Crippen LogP contribution in [0.5, 0.6) is 0 Å². The van der Waals surface area contributed by atoms with Gasteiger partial charge in [-0.3, -0.25) is 9.80 Å². The molecule has 0 bridgehead atoms. The molecule has 0 saturated heterocycles. The van der Waals surface area contributed by atoms with E-state index in [2.05, 4.69) is 13.5 Å². The van der Waals surface area contributed by atoms with E-state index in [4.69, 9.17) is 0 Å². The highest BCUT2D eigenvalue weighted by Crippen LogP contribution is 2.00. The van der Waals surface area contributed by atoms with Crippen LogP contribution in [-0.2, 0) is 4.79 Å². The molecule has 3 heteroatoms. The van der Waals surface area contributed by atoms with E-state index < -0.39 is 0 Å². The topological polar surface area (TPSA) is 23.6 Å². The first-order valence-corrected chi connectivity index (χ1v) is 4.82. The van der Waals surface area contributed by atoms with Crippen molar-refractivity contribution in [3.8, 4) is 0 Å². The number of hydrazine groups is 1. The molecule has 0 unspecified atom stereocenters. The van der Waals surface area contributed by atoms with E-state index in [-0.39, 0.29) is 5.91 Å². The third kappa shape index (κ3) is 4.08. The number of carbonyl (C=O) groups excluding carboxylic acids is 1. The van der Waals surface area contributed by atoms with Gasteiger partial charge < -0.3 is 0 Å². The second-order valence-electron chi connectivity index (χ2n) is 2.99. The Bertz CT molecular complexity index is 168. The number of unbranched alkanes of at least 4 members (excludes halogenated alkanes) is 1. The zero-order valence-corrected chi connectivity index (χ0v) is 8.92. The van der Waals surface area contributed by atoms with Crippen molar-refractivity contribution >= 4 is 5.91 Å². The highest BCUT2D eigenvalue weighted by atomic mass is 16.2. The SMILES string of the molecule is C=CC(=O)N(CCCC)N(C)CC. The lowest BCUT2D eigenvalue weighted by Gasteiger charge is -2.30. The van der Waals surface area contributed by atoms with Gasteiger partial charge in [-0.25, -0.2) is 5.01 Å². The van der Waals surface area contributed by atoms with Crippen molar-refractivity contribution in [2.24, 2.45) is 0 Å². The average Bonchev–Trinajstić information content (AvgIpc) is 2.17. The molecule has 3 nitrogen and oxygen atoms in total. The van der Waals surface area contributed by atoms with Crippen molar-refractivity contribution in [3.05, 3.63) is 12.7 Å². The van der Waals surface area contributed by atoms with Gasteiger partial charge in [-0.1, -0.05) is 26.8 Å². The minimum Gasteiger partial charge on any atom is -0.272 e. The molecule has 0 aliphatic rings. The fourth-order valence-electron chi connectivity index (χ4n) is 1.03. The number of hydrogen-bond donors (Lipinski definition) is 0. The van der Waals surface area contributed by atoms with Gasteiger partial charge in [0.2, 0.25) is 0 Å². The minimum atomic E-state index is -0.0159. The monoisotopic (exact) mass is 184 g/mol. The van der Waals surface area contributed by atoms with Crippen LogP contribution in [0.15, 0.2) is 12.7 Å². The summed E-state index contributed by atoms with van der Waals surface area (Å²) >= 11 is 0. The molecular weight excluding hydrogens is 164 g/mol. The Hall–Kier alpha value is -0.830. The van der Waals surface area contributed by atoms with E-state index in [1.807, 2.05) is 19.0 Å². The highest BCUT2D eigenvalue weighted by Gasteiger charge is 2.12. The maximum atomic E-state index is 11.4. The van der Waals surface area contributed by atoms with Crippen LogP contribution in [0.2, 0.25) is 0 Å². The van der Waals surface area contributed by atoms with E-state index >= 15 is 0 Å². The lowest BCUT2D eigenvalue weighted by molar-refractivity contribution is -0.140. The van der Waals surface area contributed by atoms with Crippen molar-refractivity contribution in [1.29, 1.82) is 0 Å². The van der Waals surface area contributed by atoms with Gasteiger partial charge in [0.1, 0.15) is 0 Å². The average molecular weight is 184 g/mol.